The van der Waals surface area contributed by atoms with E-state index in [9.17, 15) is 9.59 Å². The molecule has 0 spiro atoms. The van der Waals surface area contributed by atoms with Crippen LogP contribution in [0.3, 0.4) is 0 Å². The topological polar surface area (TPSA) is 67.2 Å². The van der Waals surface area contributed by atoms with Crippen molar-refractivity contribution in [3.8, 4) is 11.1 Å². The van der Waals surface area contributed by atoms with Crippen molar-refractivity contribution in [1.82, 2.24) is 19.8 Å². The molecule has 0 aliphatic carbocycles. The number of aromatic nitrogens is 2. The number of thiophene rings is 1. The third kappa shape index (κ3) is 3.59. The quantitative estimate of drug-likeness (QED) is 0.736. The van der Waals surface area contributed by atoms with Gasteiger partial charge in [0, 0.05) is 49.6 Å². The van der Waals surface area contributed by atoms with Gasteiger partial charge < -0.3 is 10.2 Å². The maximum Gasteiger partial charge on any atom is 0.262 e. The lowest BCUT2D eigenvalue weighted by Crippen LogP contribution is -2.52. The summed E-state index contributed by atoms with van der Waals surface area (Å²) in [5.41, 5.74) is 3.02. The van der Waals surface area contributed by atoms with E-state index in [1.165, 1.54) is 16.9 Å². The first-order chi connectivity index (χ1) is 13.5. The van der Waals surface area contributed by atoms with E-state index in [0.29, 0.717) is 24.9 Å². The second-order valence-corrected chi connectivity index (χ2v) is 8.19. The molecule has 3 aromatic rings. The number of rotatable bonds is 4. The molecule has 0 saturated carbocycles. The van der Waals surface area contributed by atoms with Gasteiger partial charge in [0.15, 0.2) is 0 Å². The molecule has 0 bridgehead atoms. The van der Waals surface area contributed by atoms with E-state index < -0.39 is 0 Å². The summed E-state index contributed by atoms with van der Waals surface area (Å²) in [6, 6.07) is 8.33. The predicted molar refractivity (Wildman–Crippen MR) is 113 cm³/mol. The van der Waals surface area contributed by atoms with Crippen LogP contribution >= 0.6 is 11.3 Å². The molecule has 146 valence electrons. The maximum atomic E-state index is 13.1. The molecular weight excluding hydrogens is 372 g/mol. The van der Waals surface area contributed by atoms with Crippen LogP contribution in [0.2, 0.25) is 0 Å². The number of piperazine rings is 1. The number of carbonyl (C=O) groups is 1. The van der Waals surface area contributed by atoms with Gasteiger partial charge in [0.1, 0.15) is 4.83 Å². The van der Waals surface area contributed by atoms with Crippen LogP contribution in [0.4, 0.5) is 0 Å². The minimum absolute atomic E-state index is 0.0806. The van der Waals surface area contributed by atoms with Crippen molar-refractivity contribution in [3.63, 3.8) is 0 Å². The Hall–Kier alpha value is -2.51. The molecule has 4 rings (SSSR count). The van der Waals surface area contributed by atoms with Crippen LogP contribution in [0, 0.1) is 6.92 Å². The number of amides is 1. The van der Waals surface area contributed by atoms with Crippen LogP contribution in [0.5, 0.6) is 0 Å². The van der Waals surface area contributed by atoms with Crippen molar-refractivity contribution >= 4 is 27.5 Å². The fourth-order valence-corrected chi connectivity index (χ4v) is 4.55. The molecule has 28 heavy (non-hydrogen) atoms. The molecule has 1 N–H and O–H groups in total. The molecule has 1 aliphatic heterocycles. The maximum absolute atomic E-state index is 13.1. The summed E-state index contributed by atoms with van der Waals surface area (Å²) < 4.78 is 1.57. The molecule has 1 fully saturated rings. The highest BCUT2D eigenvalue weighted by molar-refractivity contribution is 7.17. The molecule has 3 heterocycles. The highest BCUT2D eigenvalue weighted by atomic mass is 32.1. The van der Waals surface area contributed by atoms with E-state index in [4.69, 9.17) is 0 Å². The Labute approximate surface area is 167 Å². The van der Waals surface area contributed by atoms with Gasteiger partial charge in [-0.05, 0) is 19.4 Å². The standard InChI is InChI=1S/C21H24N4O2S/c1-14-3-5-16(6-4-14)17-12-28-20-19(17)21(27)24(13-23-20)9-7-18(26)25-10-8-22-11-15(25)2/h3-6,12-13,15,22H,7-11H2,1-2H3/t15-/m0/s1. The Balaban J connectivity index is 1.59. The second-order valence-electron chi connectivity index (χ2n) is 7.33. The first kappa shape index (κ1) is 18.8. The highest BCUT2D eigenvalue weighted by Gasteiger charge is 2.23. The summed E-state index contributed by atoms with van der Waals surface area (Å²) in [6.07, 6.45) is 1.87. The normalized spacial score (nSPS) is 17.2. The molecule has 0 unspecified atom stereocenters. The molecule has 1 aromatic carbocycles. The zero-order valence-corrected chi connectivity index (χ0v) is 17.0. The number of carbonyl (C=O) groups excluding carboxylic acids is 1. The summed E-state index contributed by atoms with van der Waals surface area (Å²) in [6.45, 7) is 6.78. The summed E-state index contributed by atoms with van der Waals surface area (Å²) in [7, 11) is 0. The van der Waals surface area contributed by atoms with Crippen molar-refractivity contribution in [2.75, 3.05) is 19.6 Å². The Bertz CT molecular complexity index is 1050. The molecule has 7 heteroatoms. The Morgan fingerprint density at radius 1 is 1.32 bits per heavy atom. The zero-order valence-electron chi connectivity index (χ0n) is 16.1. The van der Waals surface area contributed by atoms with Gasteiger partial charge in [-0.15, -0.1) is 11.3 Å². The van der Waals surface area contributed by atoms with Crippen LogP contribution in [0.1, 0.15) is 18.9 Å². The fourth-order valence-electron chi connectivity index (χ4n) is 3.64. The van der Waals surface area contributed by atoms with Gasteiger partial charge in [0.25, 0.3) is 5.56 Å². The number of fused-ring (bicyclic) bond motifs is 1. The lowest BCUT2D eigenvalue weighted by molar-refractivity contribution is -0.134. The van der Waals surface area contributed by atoms with Crippen LogP contribution in [-0.2, 0) is 11.3 Å². The zero-order chi connectivity index (χ0) is 19.7. The molecular formula is C21H24N4O2S. The van der Waals surface area contributed by atoms with Gasteiger partial charge >= 0.3 is 0 Å². The number of nitrogens with one attached hydrogen (secondary N) is 1. The largest absolute Gasteiger partial charge is 0.337 e. The average Bonchev–Trinajstić information content (AvgIpc) is 3.13. The van der Waals surface area contributed by atoms with Gasteiger partial charge in [-0.2, -0.15) is 0 Å². The van der Waals surface area contributed by atoms with E-state index in [0.717, 1.165) is 29.0 Å². The Kier molecular flexibility index (Phi) is 5.28. The summed E-state index contributed by atoms with van der Waals surface area (Å²) in [4.78, 5) is 32.8. The van der Waals surface area contributed by atoms with Crippen molar-refractivity contribution in [2.45, 2.75) is 32.9 Å². The SMILES string of the molecule is Cc1ccc(-c2csc3ncn(CCC(=O)N4CCNC[C@@H]4C)c(=O)c23)cc1. The molecule has 6 nitrogen and oxygen atoms in total. The predicted octanol–water partition coefficient (Wildman–Crippen LogP) is 2.64. The molecule has 1 aliphatic rings. The van der Waals surface area contributed by atoms with E-state index in [1.807, 2.05) is 48.4 Å². The number of hydrogen-bond donors (Lipinski definition) is 1. The van der Waals surface area contributed by atoms with E-state index in [2.05, 4.69) is 10.3 Å². The molecule has 2 aromatic heterocycles. The fraction of sp³-hybridized carbons (Fsp3) is 0.381. The minimum atomic E-state index is -0.0806. The van der Waals surface area contributed by atoms with E-state index >= 15 is 0 Å². The third-order valence-electron chi connectivity index (χ3n) is 5.31. The van der Waals surface area contributed by atoms with Crippen molar-refractivity contribution in [2.24, 2.45) is 0 Å². The van der Waals surface area contributed by atoms with Crippen LogP contribution in [0.15, 0.2) is 40.8 Å². The number of hydrogen-bond acceptors (Lipinski definition) is 5. The number of benzene rings is 1. The summed E-state index contributed by atoms with van der Waals surface area (Å²) in [5.74, 6) is 0.0880. The van der Waals surface area contributed by atoms with Crippen molar-refractivity contribution in [3.05, 3.63) is 51.9 Å². The number of aryl methyl sites for hydroxylation is 2. The first-order valence-corrected chi connectivity index (χ1v) is 10.5. The molecule has 1 amide bonds. The van der Waals surface area contributed by atoms with E-state index in [1.54, 1.807) is 10.9 Å². The van der Waals surface area contributed by atoms with Crippen molar-refractivity contribution in [1.29, 1.82) is 0 Å². The Morgan fingerprint density at radius 2 is 2.11 bits per heavy atom. The second kappa shape index (κ2) is 7.85. The minimum Gasteiger partial charge on any atom is -0.337 e. The summed E-state index contributed by atoms with van der Waals surface area (Å²) in [5, 5.41) is 5.91. The number of nitrogens with zero attached hydrogens (tertiary/aromatic N) is 3. The van der Waals surface area contributed by atoms with Crippen LogP contribution in [0.25, 0.3) is 21.3 Å². The van der Waals surface area contributed by atoms with Crippen molar-refractivity contribution < 1.29 is 4.79 Å². The van der Waals surface area contributed by atoms with Crippen LogP contribution in [-0.4, -0.2) is 46.0 Å². The van der Waals surface area contributed by atoms with Gasteiger partial charge in [0.05, 0.1) is 11.7 Å². The highest BCUT2D eigenvalue weighted by Crippen LogP contribution is 2.30. The van der Waals surface area contributed by atoms with Gasteiger partial charge in [0.2, 0.25) is 5.91 Å². The third-order valence-corrected chi connectivity index (χ3v) is 6.20. The van der Waals surface area contributed by atoms with Gasteiger partial charge in [-0.3, -0.25) is 14.2 Å². The smallest absolute Gasteiger partial charge is 0.262 e. The summed E-state index contributed by atoms with van der Waals surface area (Å²) >= 11 is 1.48. The monoisotopic (exact) mass is 396 g/mol. The average molecular weight is 397 g/mol. The van der Waals surface area contributed by atoms with Gasteiger partial charge in [-0.1, -0.05) is 29.8 Å². The molecule has 1 atom stereocenters. The van der Waals surface area contributed by atoms with E-state index in [-0.39, 0.29) is 17.5 Å². The van der Waals surface area contributed by atoms with Gasteiger partial charge in [-0.25, -0.2) is 4.98 Å². The van der Waals surface area contributed by atoms with Crippen LogP contribution < -0.4 is 10.9 Å². The lowest BCUT2D eigenvalue weighted by Gasteiger charge is -2.34. The molecule has 0 radical (unpaired) electrons. The Morgan fingerprint density at radius 3 is 2.86 bits per heavy atom. The first-order valence-electron chi connectivity index (χ1n) is 9.58. The molecule has 1 saturated heterocycles. The lowest BCUT2D eigenvalue weighted by atomic mass is 10.1.